The number of hydrogen-bond acceptors (Lipinski definition) is 6. The van der Waals surface area contributed by atoms with E-state index in [1.54, 1.807) is 11.3 Å². The second-order valence-corrected chi connectivity index (χ2v) is 30.4. The van der Waals surface area contributed by atoms with Crippen LogP contribution >= 0.6 is 11.3 Å². The van der Waals surface area contributed by atoms with E-state index in [2.05, 4.69) is 410 Å². The molecule has 0 N–H and O–H groups in total. The first-order valence-electron chi connectivity index (χ1n) is 39.4. The molecule has 0 spiro atoms. The third kappa shape index (κ3) is 12.7. The van der Waals surface area contributed by atoms with Crippen molar-refractivity contribution in [2.75, 3.05) is 9.80 Å². The number of oxazole rings is 1. The van der Waals surface area contributed by atoms with Crippen LogP contribution in [0.15, 0.2) is 441 Å². The lowest BCUT2D eigenvalue weighted by atomic mass is 9.87. The molecule has 0 fully saturated rings. The first-order chi connectivity index (χ1) is 57.5. The van der Waals surface area contributed by atoms with Crippen molar-refractivity contribution in [2.24, 2.45) is 0 Å². The van der Waals surface area contributed by atoms with Gasteiger partial charge < -0.3 is 14.2 Å². The second kappa shape index (κ2) is 29.9. The van der Waals surface area contributed by atoms with Gasteiger partial charge in [0.25, 0.3) is 0 Å². The smallest absolute Gasteiger partial charge is 0.227 e. The van der Waals surface area contributed by atoms with Crippen LogP contribution in [0, 0.1) is 0 Å². The third-order valence-electron chi connectivity index (χ3n) is 22.6. The van der Waals surface area contributed by atoms with Gasteiger partial charge in [-0.25, -0.2) is 9.97 Å². The Hall–Kier alpha value is -15.1. The Kier molecular flexibility index (Phi) is 17.7. The van der Waals surface area contributed by atoms with Crippen molar-refractivity contribution < 1.29 is 4.42 Å². The summed E-state index contributed by atoms with van der Waals surface area (Å²) in [4.78, 5) is 16.1. The summed E-state index contributed by atoms with van der Waals surface area (Å²) in [7, 11) is 0. The molecule has 5 nitrogen and oxygen atoms in total. The van der Waals surface area contributed by atoms with E-state index in [9.17, 15) is 0 Å². The molecule has 2 aromatic heterocycles. The van der Waals surface area contributed by atoms with Crippen molar-refractivity contribution >= 4 is 110 Å². The molecule has 0 atom stereocenters. The first-order valence-corrected chi connectivity index (χ1v) is 40.2. The molecule has 0 saturated heterocycles. The Morgan fingerprint density at radius 2 is 0.466 bits per heavy atom. The predicted molar refractivity (Wildman–Crippen MR) is 490 cm³/mol. The van der Waals surface area contributed by atoms with E-state index in [1.165, 1.54) is 114 Å². The summed E-state index contributed by atoms with van der Waals surface area (Å²) in [5.74, 6) is 1.38. The topological polar surface area (TPSA) is 45.4 Å². The van der Waals surface area contributed by atoms with Crippen molar-refractivity contribution in [1.82, 2.24) is 9.97 Å². The van der Waals surface area contributed by atoms with Gasteiger partial charge in [0.1, 0.15) is 10.7 Å². The van der Waals surface area contributed by atoms with E-state index < -0.39 is 0 Å². The highest BCUT2D eigenvalue weighted by Crippen LogP contribution is 2.49. The highest BCUT2D eigenvalue weighted by molar-refractivity contribution is 7.19. The summed E-state index contributed by atoms with van der Waals surface area (Å²) in [6.07, 6.45) is 0. The van der Waals surface area contributed by atoms with Gasteiger partial charge >= 0.3 is 0 Å². The predicted octanol–water partition coefficient (Wildman–Crippen LogP) is 31.2. The minimum atomic E-state index is 0.605. The first kappa shape index (κ1) is 68.9. The fourth-order valence-electron chi connectivity index (χ4n) is 17.0. The van der Waals surface area contributed by atoms with Crippen LogP contribution in [0.5, 0.6) is 0 Å². The quantitative estimate of drug-likeness (QED) is 0.0902. The molecule has 544 valence electrons. The molecule has 116 heavy (non-hydrogen) atoms. The number of rotatable bonds is 16. The van der Waals surface area contributed by atoms with E-state index in [0.717, 1.165) is 89.7 Å². The van der Waals surface area contributed by atoms with Crippen LogP contribution in [0.4, 0.5) is 34.1 Å². The van der Waals surface area contributed by atoms with Crippen LogP contribution in [-0.2, 0) is 0 Å². The number of benzene rings is 20. The maximum absolute atomic E-state index is 6.53. The Labute approximate surface area is 677 Å². The number of aromatic nitrogens is 2. The molecule has 6 heteroatoms. The largest absolute Gasteiger partial charge is 0.435 e. The van der Waals surface area contributed by atoms with Crippen LogP contribution < -0.4 is 9.80 Å². The molecule has 0 aliphatic rings. The Bertz CT molecular complexity index is 6600. The molecule has 0 aliphatic heterocycles. The van der Waals surface area contributed by atoms with Crippen molar-refractivity contribution in [3.8, 4) is 111 Å². The zero-order valence-electron chi connectivity index (χ0n) is 63.2. The SMILES string of the molecule is c1ccc(-c2nc(-c3ccc(-c4ccc5ccc6c(-c7ccc(N(c8ccccc8)c8ccccc8)cc7)ccc7ccc4c5c76)cc3)oc2-c2ccccc2)cc1.c1ccc(-c2nc(-c3ccc(-c4ccc5ccc6c(-c7ccc(N(c8ccccc8)c8ccccc8)cc7)ccc7ccc4c5c76)cc3)sc2-c2ccccc2)cc1. The fraction of sp³-hybridized carbons (Fsp3) is 0. The minimum Gasteiger partial charge on any atom is -0.435 e. The standard InChI is InChI=1S/C55H36N2O.C55H36N2S/c2*1-5-13-41(14-6-1)53-54(42-15-7-2-8-16-42)58-55(56-53)43-23-21-37(22-24-43)47-33-27-39-30-36-50-48(34-28-40-29-35-49(47)51(39)52(40)50)38-25-31-46(32-26-38)57(44-17-9-3-10-18-44)45-19-11-4-12-20-45/h2*1-36H. The average Bonchev–Trinajstić information content (AvgIpc) is 0.754. The molecule has 0 aliphatic carbocycles. The summed E-state index contributed by atoms with van der Waals surface area (Å²) in [6.45, 7) is 0. The monoisotopic (exact) mass is 1500 g/mol. The molecular weight excluding hydrogens is 1430 g/mol. The van der Waals surface area contributed by atoms with Gasteiger partial charge in [-0.15, -0.1) is 11.3 Å². The van der Waals surface area contributed by atoms with Gasteiger partial charge in [-0.05, 0) is 200 Å². The van der Waals surface area contributed by atoms with E-state index in [-0.39, 0.29) is 0 Å². The number of nitrogens with zero attached hydrogens (tertiary/aromatic N) is 4. The summed E-state index contributed by atoms with van der Waals surface area (Å²) < 4.78 is 6.53. The Balaban J connectivity index is 0.000000145. The Morgan fingerprint density at radius 1 is 0.198 bits per heavy atom. The molecule has 2 heterocycles. The van der Waals surface area contributed by atoms with Crippen LogP contribution in [0.2, 0.25) is 0 Å². The molecule has 0 amide bonds. The average molecular weight is 1500 g/mol. The molecule has 0 saturated carbocycles. The van der Waals surface area contributed by atoms with Crippen molar-refractivity contribution in [3.05, 3.63) is 437 Å². The van der Waals surface area contributed by atoms with Gasteiger partial charge in [-0.1, -0.05) is 352 Å². The van der Waals surface area contributed by atoms with Crippen LogP contribution in [0.25, 0.3) is 175 Å². The van der Waals surface area contributed by atoms with Gasteiger partial charge in [0.2, 0.25) is 5.89 Å². The molecule has 22 aromatic rings. The molecule has 20 aromatic carbocycles. The summed E-state index contributed by atoms with van der Waals surface area (Å²) in [5.41, 5.74) is 24.7. The zero-order valence-corrected chi connectivity index (χ0v) is 64.0. The summed E-state index contributed by atoms with van der Waals surface area (Å²) >= 11 is 1.76. The van der Waals surface area contributed by atoms with E-state index >= 15 is 0 Å². The fourth-order valence-corrected chi connectivity index (χ4v) is 18.1. The van der Waals surface area contributed by atoms with Crippen LogP contribution in [0.3, 0.4) is 0 Å². The zero-order chi connectivity index (χ0) is 76.8. The number of hydrogen-bond donors (Lipinski definition) is 0. The van der Waals surface area contributed by atoms with Crippen LogP contribution in [-0.4, -0.2) is 9.97 Å². The second-order valence-electron chi connectivity index (χ2n) is 29.4. The third-order valence-corrected chi connectivity index (χ3v) is 23.7. The van der Waals surface area contributed by atoms with E-state index in [1.807, 2.05) is 36.4 Å². The van der Waals surface area contributed by atoms with E-state index in [4.69, 9.17) is 14.4 Å². The van der Waals surface area contributed by atoms with Gasteiger partial charge in [0.05, 0.1) is 10.6 Å². The van der Waals surface area contributed by atoms with Gasteiger partial charge in [0, 0.05) is 61.9 Å². The van der Waals surface area contributed by atoms with Crippen molar-refractivity contribution in [3.63, 3.8) is 0 Å². The van der Waals surface area contributed by atoms with Crippen LogP contribution in [0.1, 0.15) is 0 Å². The Morgan fingerprint density at radius 3 is 0.810 bits per heavy atom. The lowest BCUT2D eigenvalue weighted by Gasteiger charge is -2.25. The lowest BCUT2D eigenvalue weighted by Crippen LogP contribution is -2.09. The van der Waals surface area contributed by atoms with Gasteiger partial charge in [-0.2, -0.15) is 0 Å². The molecular formula is C110H72N4OS. The minimum absolute atomic E-state index is 0.605. The van der Waals surface area contributed by atoms with E-state index in [0.29, 0.717) is 5.89 Å². The van der Waals surface area contributed by atoms with Gasteiger partial charge in [-0.3, -0.25) is 0 Å². The van der Waals surface area contributed by atoms with Crippen molar-refractivity contribution in [1.29, 1.82) is 0 Å². The van der Waals surface area contributed by atoms with Crippen molar-refractivity contribution in [2.45, 2.75) is 0 Å². The normalized spacial score (nSPS) is 11.4. The highest BCUT2D eigenvalue weighted by atomic mass is 32.1. The van der Waals surface area contributed by atoms with Gasteiger partial charge in [0.15, 0.2) is 5.76 Å². The maximum Gasteiger partial charge on any atom is 0.227 e. The molecule has 0 bridgehead atoms. The number of thiazole rings is 1. The molecule has 22 rings (SSSR count). The summed E-state index contributed by atoms with van der Waals surface area (Å²) in [6, 6.07) is 156. The number of para-hydroxylation sites is 4. The lowest BCUT2D eigenvalue weighted by molar-refractivity contribution is 0.589. The summed E-state index contributed by atoms with van der Waals surface area (Å²) in [5, 5.41) is 16.3. The molecule has 0 radical (unpaired) electrons. The highest BCUT2D eigenvalue weighted by Gasteiger charge is 2.24. The number of anilines is 6. The molecule has 0 unspecified atom stereocenters. The maximum atomic E-state index is 6.53.